The van der Waals surface area contributed by atoms with Crippen LogP contribution in [0.4, 0.5) is 5.69 Å². The monoisotopic (exact) mass is 371 g/mol. The van der Waals surface area contributed by atoms with Crippen LogP contribution in [0.1, 0.15) is 18.1 Å². The van der Waals surface area contributed by atoms with Gasteiger partial charge in [-0.05, 0) is 48.4 Å². The van der Waals surface area contributed by atoms with Crippen LogP contribution in [0.25, 0.3) is 6.08 Å². The van der Waals surface area contributed by atoms with Crippen LogP contribution in [0.5, 0.6) is 17.2 Å². The minimum absolute atomic E-state index is 0.145. The van der Waals surface area contributed by atoms with Crippen molar-refractivity contribution in [2.45, 2.75) is 13.3 Å². The molecule has 27 heavy (non-hydrogen) atoms. The molecule has 0 aromatic heterocycles. The smallest absolute Gasteiger partial charge is 0.307 e. The van der Waals surface area contributed by atoms with E-state index in [2.05, 4.69) is 5.32 Å². The predicted molar refractivity (Wildman–Crippen MR) is 101 cm³/mol. The van der Waals surface area contributed by atoms with E-state index in [1.807, 2.05) is 6.92 Å². The van der Waals surface area contributed by atoms with Gasteiger partial charge in [0.05, 0.1) is 25.8 Å². The van der Waals surface area contributed by atoms with Gasteiger partial charge in [0, 0.05) is 6.08 Å². The van der Waals surface area contributed by atoms with Crippen molar-refractivity contribution in [1.82, 2.24) is 0 Å². The first kappa shape index (κ1) is 19.8. The number of hydrogen-bond donors (Lipinski definition) is 3. The number of aliphatic carboxylic acids is 1. The number of carboxylic acids is 1. The van der Waals surface area contributed by atoms with Crippen LogP contribution in [0.15, 0.2) is 42.5 Å². The molecule has 3 N–H and O–H groups in total. The number of nitrogens with one attached hydrogen (secondary N) is 1. The number of phenolic OH excluding ortho intramolecular Hbond substituents is 1. The third-order valence-electron chi connectivity index (χ3n) is 3.59. The number of carbonyl (C=O) groups is 2. The van der Waals surface area contributed by atoms with Crippen LogP contribution in [0.2, 0.25) is 0 Å². The number of ether oxygens (including phenoxy) is 2. The maximum atomic E-state index is 12.1. The molecule has 2 aromatic rings. The van der Waals surface area contributed by atoms with Gasteiger partial charge in [0.25, 0.3) is 0 Å². The van der Waals surface area contributed by atoms with E-state index in [0.29, 0.717) is 23.7 Å². The molecule has 2 rings (SSSR count). The van der Waals surface area contributed by atoms with Crippen LogP contribution >= 0.6 is 0 Å². The molecule has 0 aliphatic rings. The van der Waals surface area contributed by atoms with E-state index in [1.165, 1.54) is 31.4 Å². The zero-order chi connectivity index (χ0) is 19.8. The largest absolute Gasteiger partial charge is 0.506 e. The maximum absolute atomic E-state index is 12.1. The van der Waals surface area contributed by atoms with E-state index < -0.39 is 11.9 Å². The standard InChI is InChI=1S/C20H21NO6/c1-3-27-17-8-5-13(11-18(17)26-2)6-9-19(23)21-15-10-14(12-20(24)25)4-7-16(15)22/h4-11,22H,3,12H2,1-2H3,(H,21,23)(H,24,25)/b9-6+. The quantitative estimate of drug-likeness (QED) is 0.486. The first-order chi connectivity index (χ1) is 12.9. The Balaban J connectivity index is 2.10. The zero-order valence-corrected chi connectivity index (χ0v) is 15.1. The minimum Gasteiger partial charge on any atom is -0.506 e. The molecule has 0 aliphatic carbocycles. The van der Waals surface area contributed by atoms with Gasteiger partial charge in [0.1, 0.15) is 5.75 Å². The number of benzene rings is 2. The van der Waals surface area contributed by atoms with E-state index in [0.717, 1.165) is 5.56 Å². The summed E-state index contributed by atoms with van der Waals surface area (Å²) >= 11 is 0. The molecule has 1 amide bonds. The van der Waals surface area contributed by atoms with Crippen LogP contribution in [-0.2, 0) is 16.0 Å². The minimum atomic E-state index is -0.998. The SMILES string of the molecule is CCOc1ccc(/C=C/C(=O)Nc2cc(CC(=O)O)ccc2O)cc1OC. The number of carbonyl (C=O) groups excluding carboxylic acids is 1. The van der Waals surface area contributed by atoms with Gasteiger partial charge in [-0.15, -0.1) is 0 Å². The Kier molecular flexibility index (Phi) is 6.82. The third kappa shape index (κ3) is 5.78. The number of amides is 1. The summed E-state index contributed by atoms with van der Waals surface area (Å²) in [6, 6.07) is 9.52. The van der Waals surface area contributed by atoms with Gasteiger partial charge in [-0.3, -0.25) is 9.59 Å². The number of anilines is 1. The molecule has 2 aromatic carbocycles. The Labute approximate surface area is 156 Å². The highest BCUT2D eigenvalue weighted by molar-refractivity contribution is 6.02. The fourth-order valence-corrected chi connectivity index (χ4v) is 2.38. The second kappa shape index (κ2) is 9.28. The molecule has 0 aliphatic heterocycles. The molecular formula is C20H21NO6. The van der Waals surface area contributed by atoms with Gasteiger partial charge in [0.2, 0.25) is 5.91 Å². The molecule has 0 saturated heterocycles. The lowest BCUT2D eigenvalue weighted by Gasteiger charge is -2.09. The van der Waals surface area contributed by atoms with Crippen LogP contribution in [-0.4, -0.2) is 35.8 Å². The number of aromatic hydroxyl groups is 1. The van der Waals surface area contributed by atoms with Gasteiger partial charge in [-0.2, -0.15) is 0 Å². The highest BCUT2D eigenvalue weighted by atomic mass is 16.5. The summed E-state index contributed by atoms with van der Waals surface area (Å²) in [6.45, 7) is 2.39. The zero-order valence-electron chi connectivity index (χ0n) is 15.1. The van der Waals surface area contributed by atoms with Gasteiger partial charge < -0.3 is 25.0 Å². The van der Waals surface area contributed by atoms with Crippen molar-refractivity contribution < 1.29 is 29.3 Å². The summed E-state index contributed by atoms with van der Waals surface area (Å²) in [7, 11) is 1.53. The van der Waals surface area contributed by atoms with E-state index >= 15 is 0 Å². The van der Waals surface area contributed by atoms with E-state index in [4.69, 9.17) is 14.6 Å². The topological polar surface area (TPSA) is 105 Å². The van der Waals surface area contributed by atoms with Crippen molar-refractivity contribution in [1.29, 1.82) is 0 Å². The Hall–Kier alpha value is -3.48. The fraction of sp³-hybridized carbons (Fsp3) is 0.200. The molecule has 0 radical (unpaired) electrons. The van der Waals surface area contributed by atoms with E-state index in [1.54, 1.807) is 24.3 Å². The molecule has 0 heterocycles. The second-order valence-electron chi connectivity index (χ2n) is 5.59. The van der Waals surface area contributed by atoms with Crippen molar-refractivity contribution in [3.8, 4) is 17.2 Å². The number of hydrogen-bond acceptors (Lipinski definition) is 5. The molecule has 0 saturated carbocycles. The van der Waals surface area contributed by atoms with Gasteiger partial charge in [-0.1, -0.05) is 12.1 Å². The average Bonchev–Trinajstić information content (AvgIpc) is 2.63. The van der Waals surface area contributed by atoms with Crippen molar-refractivity contribution in [3.05, 3.63) is 53.6 Å². The van der Waals surface area contributed by atoms with Crippen molar-refractivity contribution in [2.75, 3.05) is 19.0 Å². The average molecular weight is 371 g/mol. The fourth-order valence-electron chi connectivity index (χ4n) is 2.38. The van der Waals surface area contributed by atoms with Gasteiger partial charge in [0.15, 0.2) is 11.5 Å². The summed E-state index contributed by atoms with van der Waals surface area (Å²) in [5.41, 5.74) is 1.35. The summed E-state index contributed by atoms with van der Waals surface area (Å²) < 4.78 is 10.7. The molecule has 0 spiro atoms. The molecule has 0 bridgehead atoms. The first-order valence-corrected chi connectivity index (χ1v) is 8.26. The molecule has 0 fully saturated rings. The molecule has 0 atom stereocenters. The van der Waals surface area contributed by atoms with Crippen LogP contribution < -0.4 is 14.8 Å². The number of methoxy groups -OCH3 is 1. The predicted octanol–water partition coefficient (Wildman–Crippen LogP) is 3.08. The van der Waals surface area contributed by atoms with Crippen molar-refractivity contribution in [2.24, 2.45) is 0 Å². The summed E-state index contributed by atoms with van der Waals surface area (Å²) in [4.78, 5) is 22.9. The lowest BCUT2D eigenvalue weighted by molar-refractivity contribution is -0.136. The lowest BCUT2D eigenvalue weighted by atomic mass is 10.1. The second-order valence-corrected chi connectivity index (χ2v) is 5.59. The van der Waals surface area contributed by atoms with Crippen molar-refractivity contribution in [3.63, 3.8) is 0 Å². The Bertz CT molecular complexity index is 860. The summed E-state index contributed by atoms with van der Waals surface area (Å²) in [5, 5.41) is 21.2. The summed E-state index contributed by atoms with van der Waals surface area (Å²) in [6.07, 6.45) is 2.69. The van der Waals surface area contributed by atoms with E-state index in [-0.39, 0.29) is 17.9 Å². The first-order valence-electron chi connectivity index (χ1n) is 8.26. The van der Waals surface area contributed by atoms with E-state index in [9.17, 15) is 14.7 Å². The normalized spacial score (nSPS) is 10.6. The molecular weight excluding hydrogens is 350 g/mol. The number of phenols is 1. The number of carboxylic acid groups (broad SMARTS) is 1. The van der Waals surface area contributed by atoms with Crippen LogP contribution in [0.3, 0.4) is 0 Å². The maximum Gasteiger partial charge on any atom is 0.307 e. The lowest BCUT2D eigenvalue weighted by Crippen LogP contribution is -2.09. The van der Waals surface area contributed by atoms with Gasteiger partial charge >= 0.3 is 5.97 Å². The number of rotatable bonds is 8. The highest BCUT2D eigenvalue weighted by Gasteiger charge is 2.08. The molecule has 7 nitrogen and oxygen atoms in total. The molecule has 142 valence electrons. The summed E-state index contributed by atoms with van der Waals surface area (Å²) in [5.74, 6) is -0.443. The van der Waals surface area contributed by atoms with Crippen LogP contribution in [0, 0.1) is 0 Å². The molecule has 0 unspecified atom stereocenters. The Morgan fingerprint density at radius 2 is 1.93 bits per heavy atom. The van der Waals surface area contributed by atoms with Gasteiger partial charge in [-0.25, -0.2) is 0 Å². The molecule has 7 heteroatoms. The van der Waals surface area contributed by atoms with Crippen molar-refractivity contribution >= 4 is 23.6 Å². The third-order valence-corrected chi connectivity index (χ3v) is 3.59. The highest BCUT2D eigenvalue weighted by Crippen LogP contribution is 2.28. The Morgan fingerprint density at radius 3 is 2.59 bits per heavy atom. The Morgan fingerprint density at radius 1 is 1.15 bits per heavy atom.